The Hall–Kier alpha value is -0.500. The van der Waals surface area contributed by atoms with Crippen LogP contribution in [-0.4, -0.2) is 25.5 Å². The number of halogens is 1. The van der Waals surface area contributed by atoms with Crippen LogP contribution in [0.2, 0.25) is 0 Å². The molecule has 1 aromatic heterocycles. The highest BCUT2D eigenvalue weighted by atomic mass is 79.9. The van der Waals surface area contributed by atoms with E-state index in [1.54, 1.807) is 6.20 Å². The van der Waals surface area contributed by atoms with Crippen LogP contribution in [0.15, 0.2) is 27.8 Å². The largest absolute Gasteiger partial charge is 0.326 e. The molecule has 1 fully saturated rings. The lowest BCUT2D eigenvalue weighted by atomic mass is 10.1. The average Bonchev–Trinajstić information content (AvgIpc) is 2.55. The van der Waals surface area contributed by atoms with E-state index in [4.69, 9.17) is 5.73 Å². The van der Waals surface area contributed by atoms with Crippen LogP contribution in [0.1, 0.15) is 32.1 Å². The van der Waals surface area contributed by atoms with E-state index in [1.807, 2.05) is 0 Å². The minimum atomic E-state index is -3.55. The second-order valence-corrected chi connectivity index (χ2v) is 7.50. The summed E-state index contributed by atoms with van der Waals surface area (Å²) in [6.07, 6.45) is 7.75. The molecule has 0 amide bonds. The summed E-state index contributed by atoms with van der Waals surface area (Å²) in [5, 5.41) is 0. The van der Waals surface area contributed by atoms with Crippen LogP contribution in [0.3, 0.4) is 0 Å². The Kier molecular flexibility index (Phi) is 4.94. The lowest BCUT2D eigenvalue weighted by molar-refractivity contribution is 0.456. The van der Waals surface area contributed by atoms with E-state index in [-0.39, 0.29) is 17.0 Å². The number of hydrogen-bond acceptors (Lipinski definition) is 4. The van der Waals surface area contributed by atoms with Crippen LogP contribution < -0.4 is 10.5 Å². The van der Waals surface area contributed by atoms with Gasteiger partial charge in [-0.3, -0.25) is 4.98 Å². The molecule has 19 heavy (non-hydrogen) atoms. The fraction of sp³-hybridized carbons (Fsp3) is 0.583. The molecule has 106 valence electrons. The zero-order valence-corrected chi connectivity index (χ0v) is 13.0. The van der Waals surface area contributed by atoms with Gasteiger partial charge in [-0.25, -0.2) is 13.1 Å². The van der Waals surface area contributed by atoms with E-state index in [0.717, 1.165) is 32.1 Å². The molecule has 0 saturated heterocycles. The normalized spacial score (nSPS) is 24.9. The Balaban J connectivity index is 2.16. The molecule has 1 heterocycles. The van der Waals surface area contributed by atoms with Gasteiger partial charge in [-0.2, -0.15) is 0 Å². The van der Waals surface area contributed by atoms with Crippen molar-refractivity contribution in [3.8, 4) is 0 Å². The van der Waals surface area contributed by atoms with Crippen LogP contribution in [0.4, 0.5) is 0 Å². The smallest absolute Gasteiger partial charge is 0.242 e. The highest BCUT2D eigenvalue weighted by Crippen LogP contribution is 2.20. The summed E-state index contributed by atoms with van der Waals surface area (Å²) in [6, 6.07) is 1.24. The fourth-order valence-corrected chi connectivity index (χ4v) is 4.11. The van der Waals surface area contributed by atoms with Crippen LogP contribution >= 0.6 is 15.9 Å². The second kappa shape index (κ2) is 6.30. The van der Waals surface area contributed by atoms with Gasteiger partial charge in [0.15, 0.2) is 0 Å². The van der Waals surface area contributed by atoms with Gasteiger partial charge >= 0.3 is 0 Å². The number of sulfonamides is 1. The molecule has 1 aliphatic rings. The van der Waals surface area contributed by atoms with Gasteiger partial charge in [0, 0.05) is 29.0 Å². The van der Waals surface area contributed by atoms with Crippen molar-refractivity contribution in [1.29, 1.82) is 0 Å². The van der Waals surface area contributed by atoms with Crippen molar-refractivity contribution in [3.63, 3.8) is 0 Å². The van der Waals surface area contributed by atoms with Gasteiger partial charge in [0.1, 0.15) is 4.90 Å². The quantitative estimate of drug-likeness (QED) is 0.816. The number of nitrogens with zero attached hydrogens (tertiary/aromatic N) is 1. The summed E-state index contributed by atoms with van der Waals surface area (Å²) in [4.78, 5) is 4.05. The molecule has 1 aromatic rings. The Labute approximate surface area is 122 Å². The summed E-state index contributed by atoms with van der Waals surface area (Å²) in [5.74, 6) is 0. The average molecular weight is 348 g/mol. The topological polar surface area (TPSA) is 85.1 Å². The highest BCUT2D eigenvalue weighted by Gasteiger charge is 2.26. The first-order valence-corrected chi connectivity index (χ1v) is 8.65. The van der Waals surface area contributed by atoms with Gasteiger partial charge in [0.2, 0.25) is 10.0 Å². The molecule has 1 saturated carbocycles. The van der Waals surface area contributed by atoms with Crippen molar-refractivity contribution in [3.05, 3.63) is 22.9 Å². The van der Waals surface area contributed by atoms with Crippen LogP contribution in [0.25, 0.3) is 0 Å². The molecule has 2 rings (SSSR count). The molecule has 1 aliphatic carbocycles. The number of nitrogens with two attached hydrogens (primary N) is 1. The SMILES string of the molecule is NC1CCCCCC1NS(=O)(=O)c1cncc(Br)c1. The third-order valence-electron chi connectivity index (χ3n) is 3.37. The zero-order chi connectivity index (χ0) is 13.9. The number of rotatable bonds is 3. The van der Waals surface area contributed by atoms with Crippen molar-refractivity contribution >= 4 is 26.0 Å². The first-order chi connectivity index (χ1) is 8.99. The van der Waals surface area contributed by atoms with E-state index < -0.39 is 10.0 Å². The Bertz CT molecular complexity index is 536. The molecule has 0 aliphatic heterocycles. The fourth-order valence-electron chi connectivity index (χ4n) is 2.29. The van der Waals surface area contributed by atoms with Crippen molar-refractivity contribution < 1.29 is 8.42 Å². The van der Waals surface area contributed by atoms with Crippen LogP contribution in [-0.2, 0) is 10.0 Å². The number of aromatic nitrogens is 1. The third-order valence-corrected chi connectivity index (χ3v) is 5.26. The highest BCUT2D eigenvalue weighted by molar-refractivity contribution is 9.10. The summed E-state index contributed by atoms with van der Waals surface area (Å²) in [6.45, 7) is 0. The first-order valence-electron chi connectivity index (χ1n) is 6.37. The van der Waals surface area contributed by atoms with Gasteiger partial charge in [0.05, 0.1) is 0 Å². The lowest BCUT2D eigenvalue weighted by Crippen LogP contribution is -2.46. The standard InChI is InChI=1S/C12H18BrN3O2S/c13-9-6-10(8-15-7-9)19(17,18)16-12-5-3-1-2-4-11(12)14/h6-8,11-12,16H,1-5,14H2. The molecule has 2 atom stereocenters. The number of pyridine rings is 1. The molecule has 0 radical (unpaired) electrons. The second-order valence-electron chi connectivity index (χ2n) is 4.87. The maximum atomic E-state index is 12.3. The van der Waals surface area contributed by atoms with E-state index in [9.17, 15) is 8.42 Å². The van der Waals surface area contributed by atoms with Gasteiger partial charge in [0.25, 0.3) is 0 Å². The molecule has 0 aromatic carbocycles. The molecule has 7 heteroatoms. The van der Waals surface area contributed by atoms with Gasteiger partial charge in [-0.1, -0.05) is 19.3 Å². The van der Waals surface area contributed by atoms with Gasteiger partial charge < -0.3 is 5.73 Å². The molecule has 5 nitrogen and oxygen atoms in total. The Morgan fingerprint density at radius 3 is 2.74 bits per heavy atom. The number of hydrogen-bond donors (Lipinski definition) is 2. The molecule has 0 bridgehead atoms. The third kappa shape index (κ3) is 3.98. The molecular weight excluding hydrogens is 330 g/mol. The van der Waals surface area contributed by atoms with E-state index in [1.165, 1.54) is 12.3 Å². The van der Waals surface area contributed by atoms with Gasteiger partial charge in [-0.05, 0) is 34.8 Å². The van der Waals surface area contributed by atoms with E-state index in [2.05, 4.69) is 25.6 Å². The first kappa shape index (κ1) is 14.9. The zero-order valence-electron chi connectivity index (χ0n) is 10.5. The minimum Gasteiger partial charge on any atom is -0.326 e. The summed E-state index contributed by atoms with van der Waals surface area (Å²) < 4.78 is 27.9. The van der Waals surface area contributed by atoms with Crippen LogP contribution in [0.5, 0.6) is 0 Å². The summed E-state index contributed by atoms with van der Waals surface area (Å²) in [7, 11) is -3.55. The van der Waals surface area contributed by atoms with Crippen molar-refractivity contribution in [1.82, 2.24) is 9.71 Å². The minimum absolute atomic E-state index is 0.114. The number of nitrogens with one attached hydrogen (secondary N) is 1. The van der Waals surface area contributed by atoms with E-state index >= 15 is 0 Å². The summed E-state index contributed by atoms with van der Waals surface area (Å²) in [5.41, 5.74) is 6.04. The van der Waals surface area contributed by atoms with Crippen LogP contribution in [0, 0.1) is 0 Å². The predicted octanol–water partition coefficient (Wildman–Crippen LogP) is 1.78. The molecule has 3 N–H and O–H groups in total. The van der Waals surface area contributed by atoms with E-state index in [0.29, 0.717) is 4.47 Å². The predicted molar refractivity (Wildman–Crippen MR) is 77.1 cm³/mol. The van der Waals surface area contributed by atoms with Gasteiger partial charge in [-0.15, -0.1) is 0 Å². The Morgan fingerprint density at radius 1 is 1.26 bits per heavy atom. The van der Waals surface area contributed by atoms with Crippen molar-refractivity contribution in [2.24, 2.45) is 5.73 Å². The molecular formula is C12H18BrN3O2S. The van der Waals surface area contributed by atoms with Crippen molar-refractivity contribution in [2.45, 2.75) is 49.1 Å². The molecule has 0 spiro atoms. The summed E-state index contributed by atoms with van der Waals surface area (Å²) >= 11 is 3.22. The maximum absolute atomic E-state index is 12.3. The lowest BCUT2D eigenvalue weighted by Gasteiger charge is -2.22. The maximum Gasteiger partial charge on any atom is 0.242 e. The van der Waals surface area contributed by atoms with Crippen molar-refractivity contribution in [2.75, 3.05) is 0 Å². The molecule has 2 unspecified atom stereocenters. The Morgan fingerprint density at radius 2 is 2.00 bits per heavy atom. The monoisotopic (exact) mass is 347 g/mol.